The van der Waals surface area contributed by atoms with Gasteiger partial charge in [-0.3, -0.25) is 9.80 Å². The molecule has 0 aliphatic carbocycles. The minimum atomic E-state index is -0.577. The predicted octanol–water partition coefficient (Wildman–Crippen LogP) is -1.27. The summed E-state index contributed by atoms with van der Waals surface area (Å²) in [5, 5.41) is 12.9. The van der Waals surface area contributed by atoms with Crippen LogP contribution in [-0.2, 0) is 0 Å². The molecule has 0 spiro atoms. The minimum Gasteiger partial charge on any atom is -0.394 e. The van der Waals surface area contributed by atoms with Gasteiger partial charge in [0.05, 0.1) is 12.6 Å². The fourth-order valence-corrected chi connectivity index (χ4v) is 2.47. The molecule has 94 valence electrons. The number of hydrogen-bond acceptors (Lipinski definition) is 7. The molecule has 2 bridgehead atoms. The Morgan fingerprint density at radius 3 is 2.76 bits per heavy atom. The van der Waals surface area contributed by atoms with Gasteiger partial charge < -0.3 is 15.4 Å². The van der Waals surface area contributed by atoms with Crippen LogP contribution >= 0.6 is 0 Å². The zero-order valence-electron chi connectivity index (χ0n) is 9.62. The van der Waals surface area contributed by atoms with Crippen LogP contribution in [0.2, 0.25) is 0 Å². The summed E-state index contributed by atoms with van der Waals surface area (Å²) < 4.78 is 5.09. The van der Waals surface area contributed by atoms with Gasteiger partial charge in [0.15, 0.2) is 5.82 Å². The molecule has 4 rings (SSSR count). The number of piperazine rings is 3. The fourth-order valence-electron chi connectivity index (χ4n) is 2.47. The van der Waals surface area contributed by atoms with Crippen molar-refractivity contribution in [2.75, 3.05) is 39.3 Å². The highest BCUT2D eigenvalue weighted by Crippen LogP contribution is 2.27. The molecule has 0 radical (unpaired) electrons. The number of aromatic nitrogens is 2. The van der Waals surface area contributed by atoms with Gasteiger partial charge >= 0.3 is 0 Å². The van der Waals surface area contributed by atoms with Crippen LogP contribution in [0.4, 0.5) is 0 Å². The summed E-state index contributed by atoms with van der Waals surface area (Å²) >= 11 is 0. The van der Waals surface area contributed by atoms with Gasteiger partial charge in [0.2, 0.25) is 5.89 Å². The molecule has 2 atom stereocenters. The van der Waals surface area contributed by atoms with Crippen LogP contribution in [0.1, 0.15) is 23.8 Å². The van der Waals surface area contributed by atoms with Crippen molar-refractivity contribution in [1.82, 2.24) is 19.9 Å². The van der Waals surface area contributed by atoms with E-state index in [-0.39, 0.29) is 12.6 Å². The molecule has 3 aliphatic rings. The van der Waals surface area contributed by atoms with Crippen LogP contribution in [-0.4, -0.2) is 64.4 Å². The van der Waals surface area contributed by atoms with E-state index in [1.807, 2.05) is 0 Å². The second-order valence-corrected chi connectivity index (χ2v) is 4.63. The maximum atomic E-state index is 8.94. The van der Waals surface area contributed by atoms with Gasteiger partial charge in [-0.15, -0.1) is 0 Å². The van der Waals surface area contributed by atoms with E-state index >= 15 is 0 Å². The molecule has 1 aromatic rings. The third-order valence-electron chi connectivity index (χ3n) is 3.55. The molecule has 7 nitrogen and oxygen atoms in total. The molecule has 3 fully saturated rings. The van der Waals surface area contributed by atoms with E-state index in [9.17, 15) is 0 Å². The summed E-state index contributed by atoms with van der Waals surface area (Å²) in [4.78, 5) is 9.08. The van der Waals surface area contributed by atoms with Crippen LogP contribution in [0.5, 0.6) is 0 Å². The number of aliphatic hydroxyl groups excluding tert-OH is 1. The normalized spacial score (nSPS) is 33.9. The highest BCUT2D eigenvalue weighted by atomic mass is 16.5. The zero-order valence-corrected chi connectivity index (χ0v) is 9.62. The first-order valence-electron chi connectivity index (χ1n) is 5.94. The molecule has 0 saturated carbocycles. The lowest BCUT2D eigenvalue weighted by atomic mass is 10.1. The second-order valence-electron chi connectivity index (χ2n) is 4.63. The standard InChI is InChI=1S/C10H17N5O2/c11-7(6-16)10-12-9(13-17-10)8-5-14-1-3-15(8)4-2-14/h7-8,16H,1-6,11H2/t7-,8?/m0/s1. The Bertz CT molecular complexity index is 388. The number of fused-ring (bicyclic) bond motifs is 3. The van der Waals surface area contributed by atoms with E-state index in [0.717, 1.165) is 32.7 Å². The lowest BCUT2D eigenvalue weighted by molar-refractivity contribution is 0.00781. The van der Waals surface area contributed by atoms with Gasteiger partial charge in [-0.25, -0.2) is 0 Å². The highest BCUT2D eigenvalue weighted by Gasteiger charge is 2.35. The van der Waals surface area contributed by atoms with E-state index in [4.69, 9.17) is 15.4 Å². The number of hydrogen-bond donors (Lipinski definition) is 2. The van der Waals surface area contributed by atoms with Crippen LogP contribution in [0.25, 0.3) is 0 Å². The third kappa shape index (κ3) is 1.95. The van der Waals surface area contributed by atoms with E-state index in [1.54, 1.807) is 0 Å². The van der Waals surface area contributed by atoms with Crippen LogP contribution in [0.3, 0.4) is 0 Å². The largest absolute Gasteiger partial charge is 0.394 e. The summed E-state index contributed by atoms with van der Waals surface area (Å²) in [6.45, 7) is 5.13. The van der Waals surface area contributed by atoms with Crippen molar-refractivity contribution in [2.45, 2.75) is 12.1 Å². The summed E-state index contributed by atoms with van der Waals surface area (Å²) in [5.74, 6) is 1.01. The molecular formula is C10H17N5O2. The minimum absolute atomic E-state index is 0.178. The fraction of sp³-hybridized carbons (Fsp3) is 0.800. The van der Waals surface area contributed by atoms with Crippen molar-refractivity contribution in [2.24, 2.45) is 5.73 Å². The molecular weight excluding hydrogens is 222 g/mol. The SMILES string of the molecule is N[C@@H](CO)c1nc(C2CN3CCN2CC3)no1. The third-order valence-corrected chi connectivity index (χ3v) is 3.55. The Morgan fingerprint density at radius 2 is 2.18 bits per heavy atom. The van der Waals surface area contributed by atoms with Crippen molar-refractivity contribution in [1.29, 1.82) is 0 Å². The van der Waals surface area contributed by atoms with E-state index < -0.39 is 6.04 Å². The summed E-state index contributed by atoms with van der Waals surface area (Å²) in [6.07, 6.45) is 0. The smallest absolute Gasteiger partial charge is 0.245 e. The Kier molecular flexibility index (Phi) is 2.83. The number of nitrogens with zero attached hydrogens (tertiary/aromatic N) is 4. The number of aliphatic hydroxyl groups is 1. The molecule has 17 heavy (non-hydrogen) atoms. The first-order chi connectivity index (χ1) is 8.28. The Balaban J connectivity index is 1.78. The van der Waals surface area contributed by atoms with E-state index in [0.29, 0.717) is 11.7 Å². The quantitative estimate of drug-likeness (QED) is 0.679. The van der Waals surface area contributed by atoms with Gasteiger partial charge in [0.25, 0.3) is 0 Å². The maximum Gasteiger partial charge on any atom is 0.245 e. The van der Waals surface area contributed by atoms with Gasteiger partial charge in [0.1, 0.15) is 6.04 Å². The van der Waals surface area contributed by atoms with Crippen molar-refractivity contribution in [3.05, 3.63) is 11.7 Å². The Labute approximate surface area is 99.2 Å². The average molecular weight is 239 g/mol. The highest BCUT2D eigenvalue weighted by molar-refractivity contribution is 5.02. The zero-order chi connectivity index (χ0) is 11.8. The molecule has 1 aromatic heterocycles. The van der Waals surface area contributed by atoms with Crippen molar-refractivity contribution in [3.8, 4) is 0 Å². The summed E-state index contributed by atoms with van der Waals surface area (Å²) in [6, 6.07) is -0.367. The molecule has 4 heterocycles. The maximum absolute atomic E-state index is 8.94. The van der Waals surface area contributed by atoms with E-state index in [1.165, 1.54) is 0 Å². The topological polar surface area (TPSA) is 91.7 Å². The Hall–Kier alpha value is -1.02. The van der Waals surface area contributed by atoms with Crippen molar-refractivity contribution >= 4 is 0 Å². The Morgan fingerprint density at radius 1 is 1.41 bits per heavy atom. The average Bonchev–Trinajstić information content (AvgIpc) is 2.88. The van der Waals surface area contributed by atoms with Gasteiger partial charge in [0, 0.05) is 32.7 Å². The van der Waals surface area contributed by atoms with E-state index in [2.05, 4.69) is 19.9 Å². The van der Waals surface area contributed by atoms with Crippen molar-refractivity contribution < 1.29 is 9.63 Å². The molecule has 3 aliphatic heterocycles. The monoisotopic (exact) mass is 239 g/mol. The molecule has 3 saturated heterocycles. The summed E-state index contributed by atoms with van der Waals surface area (Å²) in [5.41, 5.74) is 5.64. The van der Waals surface area contributed by atoms with Crippen molar-refractivity contribution in [3.63, 3.8) is 0 Å². The van der Waals surface area contributed by atoms with Crippen LogP contribution in [0, 0.1) is 0 Å². The van der Waals surface area contributed by atoms with Gasteiger partial charge in [-0.2, -0.15) is 4.98 Å². The molecule has 0 aromatic carbocycles. The first-order valence-corrected chi connectivity index (χ1v) is 5.94. The lowest BCUT2D eigenvalue weighted by Gasteiger charge is -2.46. The molecule has 1 unspecified atom stereocenters. The first kappa shape index (κ1) is 11.1. The van der Waals surface area contributed by atoms with Gasteiger partial charge in [-0.05, 0) is 0 Å². The number of nitrogens with two attached hydrogens (primary N) is 1. The second kappa shape index (κ2) is 4.34. The van der Waals surface area contributed by atoms with Gasteiger partial charge in [-0.1, -0.05) is 5.16 Å². The molecule has 3 N–H and O–H groups in total. The van der Waals surface area contributed by atoms with Crippen LogP contribution in [0.15, 0.2) is 4.52 Å². The number of rotatable bonds is 3. The summed E-state index contributed by atoms with van der Waals surface area (Å²) in [7, 11) is 0. The molecule has 0 amide bonds. The van der Waals surface area contributed by atoms with Crippen LogP contribution < -0.4 is 5.73 Å². The lowest BCUT2D eigenvalue weighted by Crippen LogP contribution is -2.57. The predicted molar refractivity (Wildman–Crippen MR) is 59.1 cm³/mol. The molecule has 7 heteroatoms.